The Morgan fingerprint density at radius 1 is 0.579 bits per heavy atom. The predicted octanol–water partition coefficient (Wildman–Crippen LogP) is 4.32. The minimum absolute atomic E-state index is 0. The van der Waals surface area contributed by atoms with Gasteiger partial charge in [0.2, 0.25) is 0 Å². The van der Waals surface area contributed by atoms with Crippen LogP contribution in [0.25, 0.3) is 0 Å². The van der Waals surface area contributed by atoms with Gasteiger partial charge in [0.15, 0.2) is 0 Å². The summed E-state index contributed by atoms with van der Waals surface area (Å²) < 4.78 is 11.0. The van der Waals surface area contributed by atoms with Crippen molar-refractivity contribution in [3.05, 3.63) is 60.7 Å². The van der Waals surface area contributed by atoms with E-state index in [0.29, 0.717) is 0 Å². The van der Waals surface area contributed by atoms with Crippen LogP contribution in [0.15, 0.2) is 60.7 Å². The monoisotopic (exact) mass is 390 g/mol. The summed E-state index contributed by atoms with van der Waals surface area (Å²) in [7, 11) is 0. The molecule has 0 unspecified atom stereocenters. The van der Waals surface area contributed by atoms with Crippen molar-refractivity contribution in [3.63, 3.8) is 0 Å². The van der Waals surface area contributed by atoms with Gasteiger partial charge in [0.25, 0.3) is 0 Å². The summed E-state index contributed by atoms with van der Waals surface area (Å²) in [6.45, 7) is 0. The zero-order chi connectivity index (χ0) is 10.3. The number of benzene rings is 2. The van der Waals surface area contributed by atoms with E-state index in [1.165, 1.54) is 0 Å². The Kier molecular flexibility index (Phi) is 18.9. The van der Waals surface area contributed by atoms with Crippen LogP contribution in [0.2, 0.25) is 0 Å². The van der Waals surface area contributed by atoms with Gasteiger partial charge in [0.05, 0.1) is 0 Å². The molecule has 0 aliphatic carbocycles. The first-order valence-electron chi connectivity index (χ1n) is 4.64. The Morgan fingerprint density at radius 2 is 0.895 bits per heavy atom. The molecule has 102 valence electrons. The summed E-state index contributed by atoms with van der Waals surface area (Å²) in [6, 6.07) is 19.4. The fourth-order valence-corrected chi connectivity index (χ4v) is 1.88. The molecule has 0 radical (unpaired) electrons. The normalized spacial score (nSPS) is 7.37. The van der Waals surface area contributed by atoms with E-state index in [1.807, 2.05) is 60.7 Å². The molecule has 0 bridgehead atoms. The van der Waals surface area contributed by atoms with E-state index in [0.717, 1.165) is 11.5 Å². The van der Waals surface area contributed by atoms with E-state index in [-0.39, 0.29) is 58.9 Å². The van der Waals surface area contributed by atoms with Gasteiger partial charge in [0, 0.05) is 21.7 Å². The Bertz CT molecular complexity index is 365. The summed E-state index contributed by atoms with van der Waals surface area (Å²) in [5, 5.41) is 0. The number of hydrogen-bond donors (Lipinski definition) is 0. The molecule has 0 spiro atoms. The molecule has 2 aromatic carbocycles. The van der Waals surface area contributed by atoms with Crippen LogP contribution >= 0.6 is 37.2 Å². The van der Waals surface area contributed by atoms with E-state index in [4.69, 9.17) is 6.64 Å². The van der Waals surface area contributed by atoms with E-state index in [1.54, 1.807) is 0 Å². The first-order chi connectivity index (χ1) is 7.45. The maximum absolute atomic E-state index is 5.51. The summed E-state index contributed by atoms with van der Waals surface area (Å²) in [4.78, 5) is 0. The molecular formula is C12H13Cl3O2Ti2. The van der Waals surface area contributed by atoms with Crippen molar-refractivity contribution in [1.82, 2.24) is 0 Å². The standard InChI is InChI=1S/2C6H6O.3ClH.2Ti/c2*7-6-4-2-1-3-5-6;;;;;/h2*1-5,7H;3*1H;;/q;;;;;;+2/p-2. The minimum atomic E-state index is -0.864. The van der Waals surface area contributed by atoms with E-state index >= 15 is 0 Å². The Labute approximate surface area is 156 Å². The first kappa shape index (κ1) is 24.4. The third-order valence-electron chi connectivity index (χ3n) is 1.81. The first-order valence-corrected chi connectivity index (χ1v) is 5.91. The molecule has 0 amide bonds. The average molecular weight is 391 g/mol. The molecule has 0 N–H and O–H groups in total. The van der Waals surface area contributed by atoms with Crippen LogP contribution in [0.3, 0.4) is 0 Å². The Morgan fingerprint density at radius 3 is 1.21 bits per heavy atom. The summed E-state index contributed by atoms with van der Waals surface area (Å²) in [5.74, 6) is 1.74. The van der Waals surface area contributed by atoms with Crippen molar-refractivity contribution in [3.8, 4) is 11.5 Å². The van der Waals surface area contributed by atoms with Crippen molar-refractivity contribution >= 4 is 37.2 Å². The van der Waals surface area contributed by atoms with Crippen LogP contribution in [0.5, 0.6) is 11.5 Å². The van der Waals surface area contributed by atoms with Crippen LogP contribution in [-0.2, 0) is 41.6 Å². The summed E-state index contributed by atoms with van der Waals surface area (Å²) in [6.07, 6.45) is 0. The zero-order valence-corrected chi connectivity index (χ0v) is 15.4. The molecule has 0 aliphatic rings. The third-order valence-corrected chi connectivity index (χ3v) is 2.80. The van der Waals surface area contributed by atoms with E-state index < -0.39 is 19.9 Å². The predicted molar refractivity (Wildman–Crippen MR) is 75.9 cm³/mol. The summed E-state index contributed by atoms with van der Waals surface area (Å²) >= 11 is -0.864. The van der Waals surface area contributed by atoms with Crippen LogP contribution in [-0.4, -0.2) is 0 Å². The Balaban J connectivity index is -0.000000640. The van der Waals surface area contributed by atoms with Gasteiger partial charge in [-0.05, 0) is 0 Å². The maximum atomic E-state index is 5.51. The van der Waals surface area contributed by atoms with Crippen LogP contribution in [0.4, 0.5) is 0 Å². The second-order valence-electron chi connectivity index (χ2n) is 2.91. The molecule has 19 heavy (non-hydrogen) atoms. The fourth-order valence-electron chi connectivity index (χ4n) is 1.09. The number of rotatable bonds is 4. The van der Waals surface area contributed by atoms with Gasteiger partial charge in [-0.3, -0.25) is 0 Å². The number of halogens is 3. The molecule has 0 aromatic heterocycles. The molecule has 0 saturated carbocycles. The zero-order valence-electron chi connectivity index (χ0n) is 9.81. The molecule has 0 atom stereocenters. The Hall–Kier alpha value is 0.339. The number of hydrogen-bond acceptors (Lipinski definition) is 2. The van der Waals surface area contributed by atoms with Crippen molar-refractivity contribution in [2.75, 3.05) is 0 Å². The van der Waals surface area contributed by atoms with Crippen molar-refractivity contribution in [2.24, 2.45) is 0 Å². The van der Waals surface area contributed by atoms with Gasteiger partial charge >= 0.3 is 98.7 Å². The van der Waals surface area contributed by atoms with Crippen LogP contribution < -0.4 is 6.64 Å². The van der Waals surface area contributed by atoms with Gasteiger partial charge in [-0.1, -0.05) is 0 Å². The molecule has 0 saturated heterocycles. The van der Waals surface area contributed by atoms with Crippen molar-refractivity contribution < 1.29 is 48.3 Å². The van der Waals surface area contributed by atoms with Gasteiger partial charge < -0.3 is 0 Å². The van der Waals surface area contributed by atoms with E-state index in [9.17, 15) is 0 Å². The molecule has 0 heterocycles. The second-order valence-corrected chi connectivity index (χ2v) is 3.81. The third kappa shape index (κ3) is 9.81. The molecule has 2 aromatic rings. The molecule has 2 rings (SSSR count). The fraction of sp³-hybridized carbons (Fsp3) is 0. The quantitative estimate of drug-likeness (QED) is 0.723. The summed E-state index contributed by atoms with van der Waals surface area (Å²) in [5.41, 5.74) is 0. The van der Waals surface area contributed by atoms with Crippen LogP contribution in [0, 0.1) is 0 Å². The van der Waals surface area contributed by atoms with Gasteiger partial charge in [-0.2, -0.15) is 0 Å². The molecule has 0 fully saturated rings. The number of para-hydroxylation sites is 2. The van der Waals surface area contributed by atoms with Gasteiger partial charge in [0.1, 0.15) is 0 Å². The van der Waals surface area contributed by atoms with E-state index in [2.05, 4.69) is 0 Å². The van der Waals surface area contributed by atoms with Gasteiger partial charge in [-0.25, -0.2) is 0 Å². The molecule has 0 aliphatic heterocycles. The van der Waals surface area contributed by atoms with Crippen molar-refractivity contribution in [1.29, 1.82) is 0 Å². The molecule has 7 heteroatoms. The van der Waals surface area contributed by atoms with Crippen LogP contribution in [0.1, 0.15) is 0 Å². The SMILES string of the molecule is Cl.Cl.Cl.[Ti].c1ccc([O][Ti][O]c2ccccc2)cc1. The van der Waals surface area contributed by atoms with Crippen molar-refractivity contribution in [2.45, 2.75) is 0 Å². The molecular weight excluding hydrogens is 378 g/mol. The second kappa shape index (κ2) is 14.7. The average Bonchev–Trinajstić information content (AvgIpc) is 2.32. The van der Waals surface area contributed by atoms with Gasteiger partial charge in [-0.15, -0.1) is 37.2 Å². The topological polar surface area (TPSA) is 18.5 Å². The molecule has 2 nitrogen and oxygen atoms in total.